The predicted octanol–water partition coefficient (Wildman–Crippen LogP) is 3.43. The van der Waals surface area contributed by atoms with Gasteiger partial charge < -0.3 is 5.11 Å². The Morgan fingerprint density at radius 1 is 1.28 bits per heavy atom. The summed E-state index contributed by atoms with van der Waals surface area (Å²) in [6, 6.07) is 7.06. The van der Waals surface area contributed by atoms with E-state index in [9.17, 15) is 23.5 Å². The lowest BCUT2D eigenvalue weighted by atomic mass is 10.0. The standard InChI is InChI=1S/C19H13ClF2N4O3/c20-9-1-2-14(25-7-13(18(21)22)23-24-25)10(5-9)8-3-15-11-6-12(11)17(19(28)29)26(15)16(27)4-8/h1-5,7,11-12,17-18H,6H2,(H,28,29)/t11-,12+,17+/m1/s1. The molecule has 2 aromatic heterocycles. The summed E-state index contributed by atoms with van der Waals surface area (Å²) in [6.07, 6.45) is -0.915. The van der Waals surface area contributed by atoms with Crippen LogP contribution in [0, 0.1) is 5.92 Å². The Hall–Kier alpha value is -3.07. The summed E-state index contributed by atoms with van der Waals surface area (Å²) in [5, 5.41) is 17.1. The van der Waals surface area contributed by atoms with Crippen molar-refractivity contribution < 1.29 is 18.7 Å². The Balaban J connectivity index is 1.67. The van der Waals surface area contributed by atoms with Gasteiger partial charge in [0.1, 0.15) is 11.7 Å². The molecule has 3 atom stereocenters. The summed E-state index contributed by atoms with van der Waals surface area (Å²) in [7, 11) is 0. The van der Waals surface area contributed by atoms with Crippen LogP contribution >= 0.6 is 11.6 Å². The molecule has 2 aliphatic rings. The molecule has 148 valence electrons. The zero-order valence-electron chi connectivity index (χ0n) is 14.7. The molecule has 1 aliphatic heterocycles. The highest BCUT2D eigenvalue weighted by Crippen LogP contribution is 2.59. The van der Waals surface area contributed by atoms with Crippen molar-refractivity contribution in [3.05, 3.63) is 63.3 Å². The van der Waals surface area contributed by atoms with Gasteiger partial charge in [-0.05, 0) is 42.2 Å². The van der Waals surface area contributed by atoms with Gasteiger partial charge in [0.15, 0.2) is 0 Å². The number of aliphatic carboxylic acids is 1. The van der Waals surface area contributed by atoms with Gasteiger partial charge >= 0.3 is 5.97 Å². The zero-order valence-corrected chi connectivity index (χ0v) is 15.4. The average molecular weight is 419 g/mol. The van der Waals surface area contributed by atoms with E-state index in [4.69, 9.17) is 11.6 Å². The molecular formula is C19H13ClF2N4O3. The van der Waals surface area contributed by atoms with Crippen molar-refractivity contribution in [3.8, 4) is 16.8 Å². The predicted molar refractivity (Wildman–Crippen MR) is 98.5 cm³/mol. The number of hydrogen-bond donors (Lipinski definition) is 1. The van der Waals surface area contributed by atoms with Crippen LogP contribution in [-0.2, 0) is 4.79 Å². The van der Waals surface area contributed by atoms with Crippen LogP contribution in [-0.4, -0.2) is 30.6 Å². The minimum absolute atomic E-state index is 0.0307. The number of carbonyl (C=O) groups is 1. The molecule has 1 saturated carbocycles. The van der Waals surface area contributed by atoms with Crippen molar-refractivity contribution in [3.63, 3.8) is 0 Å². The lowest BCUT2D eigenvalue weighted by Crippen LogP contribution is -2.29. The molecular weight excluding hydrogens is 406 g/mol. The molecule has 0 spiro atoms. The van der Waals surface area contributed by atoms with E-state index < -0.39 is 29.7 Å². The number of alkyl halides is 2. The lowest BCUT2D eigenvalue weighted by molar-refractivity contribution is -0.141. The third-order valence-corrected chi connectivity index (χ3v) is 5.74. The Bertz CT molecular complexity index is 1220. The fourth-order valence-electron chi connectivity index (χ4n) is 4.16. The van der Waals surface area contributed by atoms with Crippen LogP contribution in [0.25, 0.3) is 16.8 Å². The van der Waals surface area contributed by atoms with E-state index in [-0.39, 0.29) is 11.8 Å². The van der Waals surface area contributed by atoms with E-state index in [1.54, 1.807) is 24.3 Å². The van der Waals surface area contributed by atoms with Crippen LogP contribution in [0.3, 0.4) is 0 Å². The molecule has 0 unspecified atom stereocenters. The molecule has 1 N–H and O–H groups in total. The summed E-state index contributed by atoms with van der Waals surface area (Å²) >= 11 is 6.14. The number of rotatable bonds is 4. The van der Waals surface area contributed by atoms with E-state index >= 15 is 0 Å². The summed E-state index contributed by atoms with van der Waals surface area (Å²) in [5.74, 6) is -1.06. The lowest BCUT2D eigenvalue weighted by Gasteiger charge is -2.16. The molecule has 7 nitrogen and oxygen atoms in total. The molecule has 3 aromatic rings. The maximum Gasteiger partial charge on any atom is 0.327 e. The largest absolute Gasteiger partial charge is 0.480 e. The highest BCUT2D eigenvalue weighted by atomic mass is 35.5. The molecule has 5 rings (SSSR count). The summed E-state index contributed by atoms with van der Waals surface area (Å²) in [5.41, 5.74) is 1.24. The van der Waals surface area contributed by atoms with Crippen LogP contribution in [0.5, 0.6) is 0 Å². The molecule has 1 aromatic carbocycles. The first-order valence-corrected chi connectivity index (χ1v) is 9.23. The fourth-order valence-corrected chi connectivity index (χ4v) is 4.33. The Labute approximate surface area is 167 Å². The topological polar surface area (TPSA) is 90.0 Å². The van der Waals surface area contributed by atoms with Gasteiger partial charge in [-0.25, -0.2) is 18.3 Å². The number of hydrogen-bond acceptors (Lipinski definition) is 4. The van der Waals surface area contributed by atoms with Crippen molar-refractivity contribution in [1.29, 1.82) is 0 Å². The van der Waals surface area contributed by atoms with Crippen LogP contribution in [0.4, 0.5) is 8.78 Å². The number of benzene rings is 1. The second-order valence-electron chi connectivity index (χ2n) is 7.22. The van der Waals surface area contributed by atoms with Crippen molar-refractivity contribution in [2.45, 2.75) is 24.8 Å². The van der Waals surface area contributed by atoms with Gasteiger partial charge in [0.05, 0.1) is 11.9 Å². The maximum absolute atomic E-state index is 12.9. The fraction of sp³-hybridized carbons (Fsp3) is 0.263. The molecule has 3 heterocycles. The van der Waals surface area contributed by atoms with Gasteiger partial charge in [0.25, 0.3) is 12.0 Å². The quantitative estimate of drug-likeness (QED) is 0.701. The molecule has 10 heteroatoms. The minimum atomic E-state index is -2.76. The number of carboxylic acid groups (broad SMARTS) is 1. The van der Waals surface area contributed by atoms with E-state index in [0.717, 1.165) is 12.6 Å². The number of fused-ring (bicyclic) bond motifs is 3. The second-order valence-corrected chi connectivity index (χ2v) is 7.65. The summed E-state index contributed by atoms with van der Waals surface area (Å²) in [6.45, 7) is 0. The van der Waals surface area contributed by atoms with E-state index in [2.05, 4.69) is 10.3 Å². The monoisotopic (exact) mass is 418 g/mol. The molecule has 0 saturated heterocycles. The zero-order chi connectivity index (χ0) is 20.4. The van der Waals surface area contributed by atoms with Gasteiger partial charge in [-0.2, -0.15) is 0 Å². The summed E-state index contributed by atoms with van der Waals surface area (Å²) in [4.78, 5) is 24.3. The second kappa shape index (κ2) is 6.21. The molecule has 29 heavy (non-hydrogen) atoms. The highest BCUT2D eigenvalue weighted by molar-refractivity contribution is 6.31. The Kier molecular flexibility index (Phi) is 3.86. The minimum Gasteiger partial charge on any atom is -0.480 e. The Morgan fingerprint density at radius 3 is 2.76 bits per heavy atom. The number of pyridine rings is 1. The van der Waals surface area contributed by atoms with Crippen molar-refractivity contribution in [2.75, 3.05) is 0 Å². The normalized spacial score (nSPS) is 21.9. The third kappa shape index (κ3) is 2.76. The van der Waals surface area contributed by atoms with Gasteiger partial charge in [-0.15, -0.1) is 5.10 Å². The molecule has 0 bridgehead atoms. The van der Waals surface area contributed by atoms with Gasteiger partial charge in [-0.3, -0.25) is 9.36 Å². The van der Waals surface area contributed by atoms with Gasteiger partial charge in [0, 0.05) is 28.3 Å². The van der Waals surface area contributed by atoms with Gasteiger partial charge in [0.2, 0.25) is 0 Å². The first-order valence-electron chi connectivity index (χ1n) is 8.85. The number of aromatic nitrogens is 4. The molecule has 1 aliphatic carbocycles. The third-order valence-electron chi connectivity index (χ3n) is 5.51. The highest BCUT2D eigenvalue weighted by Gasteiger charge is 2.55. The number of nitrogens with zero attached hydrogens (tertiary/aromatic N) is 4. The first kappa shape index (κ1) is 18.0. The van der Waals surface area contributed by atoms with Crippen molar-refractivity contribution in [2.24, 2.45) is 5.92 Å². The molecule has 0 amide bonds. The van der Waals surface area contributed by atoms with Crippen LogP contribution < -0.4 is 5.56 Å². The van der Waals surface area contributed by atoms with Crippen LogP contribution in [0.2, 0.25) is 5.02 Å². The average Bonchev–Trinajstić information content (AvgIpc) is 3.15. The van der Waals surface area contributed by atoms with Crippen molar-refractivity contribution in [1.82, 2.24) is 19.6 Å². The van der Waals surface area contributed by atoms with Crippen molar-refractivity contribution >= 4 is 17.6 Å². The Morgan fingerprint density at radius 2 is 2.07 bits per heavy atom. The molecule has 0 radical (unpaired) electrons. The maximum atomic E-state index is 12.9. The van der Waals surface area contributed by atoms with Crippen LogP contribution in [0.15, 0.2) is 41.3 Å². The van der Waals surface area contributed by atoms with E-state index in [0.29, 0.717) is 27.5 Å². The van der Waals surface area contributed by atoms with E-state index in [1.165, 1.54) is 15.3 Å². The summed E-state index contributed by atoms with van der Waals surface area (Å²) < 4.78 is 28.4. The first-order chi connectivity index (χ1) is 13.8. The molecule has 1 fully saturated rings. The smallest absolute Gasteiger partial charge is 0.327 e. The van der Waals surface area contributed by atoms with Crippen LogP contribution in [0.1, 0.15) is 36.2 Å². The number of halogens is 3. The number of carboxylic acids is 1. The van der Waals surface area contributed by atoms with E-state index in [1.807, 2.05) is 0 Å². The van der Waals surface area contributed by atoms with Gasteiger partial charge in [-0.1, -0.05) is 16.8 Å². The SMILES string of the molecule is O=C(O)[C@@H]1[C@H]2C[C@H]2c2cc(-c3cc(Cl)ccc3-n3cc(C(F)F)nn3)cc(=O)n21.